The van der Waals surface area contributed by atoms with Crippen molar-refractivity contribution in [3.8, 4) is 0 Å². The number of rotatable bonds is 55. The van der Waals surface area contributed by atoms with E-state index in [0.29, 0.717) is 12.8 Å². The highest BCUT2D eigenvalue weighted by atomic mass is 16.7. The van der Waals surface area contributed by atoms with Gasteiger partial charge in [-0.1, -0.05) is 282 Å². The number of amides is 1. The minimum Gasteiger partial charge on any atom is -0.394 e. The summed E-state index contributed by atoms with van der Waals surface area (Å²) >= 11 is 0. The third-order valence-corrected chi connectivity index (χ3v) is 16.6. The lowest BCUT2D eigenvalue weighted by Gasteiger charge is -2.46. The number of hydrogen-bond acceptors (Lipinski definition) is 13. The Bertz CT molecular complexity index is 1440. The van der Waals surface area contributed by atoms with E-state index in [-0.39, 0.29) is 18.9 Å². The van der Waals surface area contributed by atoms with Crippen LogP contribution >= 0.6 is 0 Å². The average molecular weight is 1140 g/mol. The van der Waals surface area contributed by atoms with Crippen molar-refractivity contribution in [2.45, 2.75) is 370 Å². The normalized spacial score (nSPS) is 24.3. The maximum Gasteiger partial charge on any atom is 0.220 e. The third kappa shape index (κ3) is 36.3. The first-order valence-corrected chi connectivity index (χ1v) is 33.6. The van der Waals surface area contributed by atoms with Crippen LogP contribution in [0.2, 0.25) is 0 Å². The summed E-state index contributed by atoms with van der Waals surface area (Å²) in [6.45, 7) is 2.83. The zero-order valence-corrected chi connectivity index (χ0v) is 51.1. The van der Waals surface area contributed by atoms with Gasteiger partial charge in [-0.15, -0.1) is 0 Å². The van der Waals surface area contributed by atoms with Gasteiger partial charge in [-0.05, 0) is 32.1 Å². The Balaban J connectivity index is 1.72. The van der Waals surface area contributed by atoms with Crippen molar-refractivity contribution >= 4 is 5.91 Å². The van der Waals surface area contributed by atoms with Gasteiger partial charge in [0.2, 0.25) is 5.91 Å². The number of aliphatic hydroxyl groups excluding tert-OH is 8. The molecule has 2 aliphatic rings. The lowest BCUT2D eigenvalue weighted by molar-refractivity contribution is -0.359. The SMILES string of the molecule is CCCCCCCCCCCCCCCCCCCC/C=C/CC/C=C/C(O)C(COC1OC(CO)C(OC2OC(CO)C(O)C(O)C2O)C(O)C1O)NC(=O)CCCCCCCCCCCCCCCCCCCCCCCC. The largest absolute Gasteiger partial charge is 0.394 e. The van der Waals surface area contributed by atoms with Gasteiger partial charge in [0.1, 0.15) is 48.8 Å². The second-order valence-corrected chi connectivity index (χ2v) is 24.0. The van der Waals surface area contributed by atoms with Crippen LogP contribution in [0.4, 0.5) is 0 Å². The van der Waals surface area contributed by atoms with Gasteiger partial charge in [0, 0.05) is 6.42 Å². The molecule has 2 saturated heterocycles. The zero-order valence-electron chi connectivity index (χ0n) is 51.1. The van der Waals surface area contributed by atoms with Crippen LogP contribution in [0.15, 0.2) is 24.3 Å². The van der Waals surface area contributed by atoms with Crippen LogP contribution in [0.1, 0.15) is 296 Å². The lowest BCUT2D eigenvalue weighted by atomic mass is 9.97. The summed E-state index contributed by atoms with van der Waals surface area (Å²) in [4.78, 5) is 13.3. The molecular weight excluding hydrogens is 1010 g/mol. The average Bonchev–Trinajstić information content (AvgIpc) is 3.49. The third-order valence-electron chi connectivity index (χ3n) is 16.6. The quantitative estimate of drug-likeness (QED) is 0.0204. The van der Waals surface area contributed by atoms with Crippen LogP contribution in [0.25, 0.3) is 0 Å². The Morgan fingerprint density at radius 3 is 1.23 bits per heavy atom. The molecule has 0 aliphatic carbocycles. The van der Waals surface area contributed by atoms with Crippen molar-refractivity contribution in [1.29, 1.82) is 0 Å². The first-order chi connectivity index (χ1) is 39.1. The van der Waals surface area contributed by atoms with E-state index in [0.717, 1.165) is 32.1 Å². The number of unbranched alkanes of at least 4 members (excludes halogenated alkanes) is 40. The summed E-state index contributed by atoms with van der Waals surface area (Å²) in [5, 5.41) is 87.3. The molecule has 0 aromatic rings. The Hall–Kier alpha value is -1.53. The molecule has 0 aromatic heterocycles. The zero-order chi connectivity index (χ0) is 58.1. The molecule has 14 nitrogen and oxygen atoms in total. The molecule has 2 rings (SSSR count). The van der Waals surface area contributed by atoms with E-state index >= 15 is 0 Å². The van der Waals surface area contributed by atoms with Crippen molar-refractivity contribution in [2.75, 3.05) is 19.8 Å². The lowest BCUT2D eigenvalue weighted by Crippen LogP contribution is -2.65. The summed E-state index contributed by atoms with van der Waals surface area (Å²) in [7, 11) is 0. The fourth-order valence-corrected chi connectivity index (χ4v) is 11.3. The molecule has 0 aromatic carbocycles. The Kier molecular flexibility index (Phi) is 48.3. The van der Waals surface area contributed by atoms with Gasteiger partial charge in [-0.25, -0.2) is 0 Å². The highest BCUT2D eigenvalue weighted by Crippen LogP contribution is 2.30. The summed E-state index contributed by atoms with van der Waals surface area (Å²) in [6.07, 6.45) is 46.6. The first-order valence-electron chi connectivity index (χ1n) is 33.6. The maximum absolute atomic E-state index is 13.3. The van der Waals surface area contributed by atoms with Gasteiger partial charge in [0.25, 0.3) is 0 Å². The standard InChI is InChI=1S/C66H125NO13/c1-3-5-7-9-11-13-15-17-19-21-23-25-27-28-29-31-33-35-37-39-41-43-45-47-49-55(70)54(53-77-65-63(76)61(74)64(57(52-69)79-65)80-66-62(75)60(73)59(72)56(51-68)78-66)67-58(71)50-48-46-44-42-40-38-36-34-32-30-26-24-22-20-18-16-14-12-10-8-6-4-2/h39,41,47,49,54-57,59-66,68-70,72-76H,3-38,40,42-46,48,50-53H2,1-2H3,(H,67,71)/b41-39+,49-47+. The highest BCUT2D eigenvalue weighted by Gasteiger charge is 2.51. The molecule has 0 spiro atoms. The molecule has 0 bridgehead atoms. The van der Waals surface area contributed by atoms with Gasteiger partial charge in [-0.2, -0.15) is 0 Å². The molecular formula is C66H125NO13. The van der Waals surface area contributed by atoms with Crippen molar-refractivity contribution in [2.24, 2.45) is 0 Å². The van der Waals surface area contributed by atoms with Crippen molar-refractivity contribution in [3.63, 3.8) is 0 Å². The van der Waals surface area contributed by atoms with Crippen LogP contribution in [-0.4, -0.2) is 140 Å². The minimum atomic E-state index is -1.79. The van der Waals surface area contributed by atoms with Crippen molar-refractivity contribution in [3.05, 3.63) is 24.3 Å². The molecule has 2 aliphatic heterocycles. The second kappa shape index (κ2) is 51.9. The summed E-state index contributed by atoms with van der Waals surface area (Å²) in [5.74, 6) is -0.242. The molecule has 0 radical (unpaired) electrons. The van der Waals surface area contributed by atoms with Crippen LogP contribution in [-0.2, 0) is 23.7 Å². The number of carbonyl (C=O) groups excluding carboxylic acids is 1. The van der Waals surface area contributed by atoms with E-state index < -0.39 is 86.8 Å². The van der Waals surface area contributed by atoms with Crippen LogP contribution in [0.3, 0.4) is 0 Å². The van der Waals surface area contributed by atoms with Gasteiger partial charge in [-0.3, -0.25) is 4.79 Å². The molecule has 14 heteroatoms. The highest BCUT2D eigenvalue weighted by molar-refractivity contribution is 5.76. The molecule has 12 unspecified atom stereocenters. The Labute approximate surface area is 488 Å². The number of hydrogen-bond donors (Lipinski definition) is 9. The van der Waals surface area contributed by atoms with E-state index in [2.05, 4.69) is 31.3 Å². The molecule has 472 valence electrons. The van der Waals surface area contributed by atoms with Crippen molar-refractivity contribution in [1.82, 2.24) is 5.32 Å². The molecule has 1 amide bonds. The Morgan fingerprint density at radius 2 is 0.800 bits per heavy atom. The van der Waals surface area contributed by atoms with E-state index in [1.54, 1.807) is 6.08 Å². The number of ether oxygens (including phenoxy) is 4. The second-order valence-electron chi connectivity index (χ2n) is 24.0. The molecule has 12 atom stereocenters. The minimum absolute atomic E-state index is 0.242. The van der Waals surface area contributed by atoms with Crippen molar-refractivity contribution < 1.29 is 64.6 Å². The monoisotopic (exact) mass is 1140 g/mol. The predicted molar refractivity (Wildman–Crippen MR) is 323 cm³/mol. The predicted octanol–water partition coefficient (Wildman–Crippen LogP) is 12.8. The fraction of sp³-hybridized carbons (Fsp3) is 0.924. The topological polar surface area (TPSA) is 228 Å². The summed E-state index contributed by atoms with van der Waals surface area (Å²) < 4.78 is 22.8. The van der Waals surface area contributed by atoms with Gasteiger partial charge in [0.15, 0.2) is 12.6 Å². The van der Waals surface area contributed by atoms with Gasteiger partial charge in [0.05, 0.1) is 32.0 Å². The van der Waals surface area contributed by atoms with Gasteiger partial charge >= 0.3 is 0 Å². The van der Waals surface area contributed by atoms with Gasteiger partial charge < -0.3 is 65.1 Å². The molecule has 0 saturated carbocycles. The van der Waals surface area contributed by atoms with E-state index in [4.69, 9.17) is 18.9 Å². The maximum atomic E-state index is 13.3. The molecule has 2 heterocycles. The summed E-state index contributed by atoms with van der Waals surface area (Å²) in [6, 6.07) is -0.929. The van der Waals surface area contributed by atoms with E-state index in [1.165, 1.54) is 231 Å². The summed E-state index contributed by atoms with van der Waals surface area (Å²) in [5.41, 5.74) is 0. The van der Waals surface area contributed by atoms with E-state index in [9.17, 15) is 45.6 Å². The first kappa shape index (κ1) is 74.6. The van der Waals surface area contributed by atoms with Crippen LogP contribution < -0.4 is 5.32 Å². The molecule has 80 heavy (non-hydrogen) atoms. The molecule has 2 fully saturated rings. The number of allylic oxidation sites excluding steroid dienone is 3. The van der Waals surface area contributed by atoms with E-state index in [1.807, 2.05) is 6.08 Å². The Morgan fingerprint density at radius 1 is 0.438 bits per heavy atom. The van der Waals surface area contributed by atoms with Crippen LogP contribution in [0.5, 0.6) is 0 Å². The van der Waals surface area contributed by atoms with Crippen LogP contribution in [0, 0.1) is 0 Å². The number of aliphatic hydroxyl groups is 8. The smallest absolute Gasteiger partial charge is 0.220 e. The molecule has 9 N–H and O–H groups in total. The number of nitrogens with one attached hydrogen (secondary N) is 1. The fourth-order valence-electron chi connectivity index (χ4n) is 11.3. The number of carbonyl (C=O) groups is 1.